The molecule has 0 radical (unpaired) electrons. The number of ether oxygens (including phenoxy) is 1. The summed E-state index contributed by atoms with van der Waals surface area (Å²) in [5, 5.41) is 3.40. The van der Waals surface area contributed by atoms with Gasteiger partial charge < -0.3 is 10.1 Å². The molecule has 0 fully saturated rings. The van der Waals surface area contributed by atoms with Gasteiger partial charge in [-0.05, 0) is 24.5 Å². The van der Waals surface area contributed by atoms with Crippen LogP contribution in [0.5, 0.6) is 0 Å². The molecule has 5 heteroatoms. The molecule has 0 unspecified atom stereocenters. The molecule has 0 rings (SSSR count). The normalized spacial score (nSPS) is 10.4. The minimum Gasteiger partial charge on any atom is -0.469 e. The second-order valence-electron chi connectivity index (χ2n) is 3.24. The predicted octanol–water partition coefficient (Wildman–Crippen LogP) is 2.02. The van der Waals surface area contributed by atoms with E-state index < -0.39 is 0 Å². The lowest BCUT2D eigenvalue weighted by molar-refractivity contribution is -0.140. The number of methoxy groups -OCH3 is 1. The van der Waals surface area contributed by atoms with Gasteiger partial charge in [0.05, 0.1) is 13.5 Å². The molecule has 0 aliphatic carbocycles. The van der Waals surface area contributed by atoms with Gasteiger partial charge in [0.15, 0.2) is 0 Å². The van der Waals surface area contributed by atoms with E-state index in [1.165, 1.54) is 25.0 Å². The number of carbonyl (C=O) groups is 1. The monoisotopic (exact) mass is 265 g/mol. The van der Waals surface area contributed by atoms with Gasteiger partial charge in [-0.3, -0.25) is 4.79 Å². The maximum absolute atomic E-state index is 10.8. The number of thioether (sulfide) groups is 2. The minimum atomic E-state index is -0.114. The third kappa shape index (κ3) is 12.2. The van der Waals surface area contributed by atoms with Crippen LogP contribution in [0.1, 0.15) is 19.8 Å². The van der Waals surface area contributed by atoms with E-state index in [4.69, 9.17) is 0 Å². The third-order valence-electron chi connectivity index (χ3n) is 1.95. The molecule has 0 aromatic heterocycles. The highest BCUT2D eigenvalue weighted by atomic mass is 32.2. The van der Waals surface area contributed by atoms with Crippen LogP contribution >= 0.6 is 23.5 Å². The first-order valence-corrected chi connectivity index (χ1v) is 8.05. The Bertz CT molecular complexity index is 168. The molecule has 0 aliphatic heterocycles. The number of carbonyl (C=O) groups excluding carboxylic acids is 1. The molecule has 1 N–H and O–H groups in total. The molecule has 0 saturated heterocycles. The number of hydrogen-bond acceptors (Lipinski definition) is 5. The number of nitrogens with one attached hydrogen (secondary N) is 1. The largest absolute Gasteiger partial charge is 0.469 e. The van der Waals surface area contributed by atoms with Gasteiger partial charge in [0.25, 0.3) is 0 Å². The van der Waals surface area contributed by atoms with Crippen LogP contribution in [0.2, 0.25) is 0 Å². The van der Waals surface area contributed by atoms with Crippen LogP contribution in [0.15, 0.2) is 0 Å². The summed E-state index contributed by atoms with van der Waals surface area (Å²) in [6.45, 7) is 4.32. The molecule has 0 amide bonds. The van der Waals surface area contributed by atoms with E-state index >= 15 is 0 Å². The third-order valence-corrected chi connectivity index (χ3v) is 3.92. The Labute approximate surface area is 107 Å². The molecule has 0 saturated carbocycles. The highest BCUT2D eigenvalue weighted by molar-refractivity contribution is 7.99. The van der Waals surface area contributed by atoms with Crippen molar-refractivity contribution in [3.63, 3.8) is 0 Å². The summed E-state index contributed by atoms with van der Waals surface area (Å²) in [7, 11) is 1.43. The zero-order valence-corrected chi connectivity index (χ0v) is 11.9. The topological polar surface area (TPSA) is 38.3 Å². The highest BCUT2D eigenvalue weighted by Crippen LogP contribution is 2.02. The first-order chi connectivity index (χ1) is 7.81. The van der Waals surface area contributed by atoms with Crippen molar-refractivity contribution >= 4 is 29.5 Å². The lowest BCUT2D eigenvalue weighted by atomic mass is 10.5. The summed E-state index contributed by atoms with van der Waals surface area (Å²) < 4.78 is 4.56. The molecular weight excluding hydrogens is 242 g/mol. The number of esters is 1. The Kier molecular flexibility index (Phi) is 13.3. The highest BCUT2D eigenvalue weighted by Gasteiger charge is 1.98. The van der Waals surface area contributed by atoms with Crippen LogP contribution in [0.25, 0.3) is 0 Å². The Hall–Kier alpha value is 0.130. The van der Waals surface area contributed by atoms with Gasteiger partial charge in [0, 0.05) is 18.1 Å². The Morgan fingerprint density at radius 2 is 2.00 bits per heavy atom. The van der Waals surface area contributed by atoms with Crippen molar-refractivity contribution in [2.24, 2.45) is 0 Å². The SMILES string of the molecule is CCSCCCNCCSCCC(=O)OC. The van der Waals surface area contributed by atoms with E-state index in [1.54, 1.807) is 11.8 Å². The van der Waals surface area contributed by atoms with Gasteiger partial charge in [-0.15, -0.1) is 0 Å². The average Bonchev–Trinajstić information content (AvgIpc) is 2.31. The Balaban J connectivity index is 2.96. The summed E-state index contributed by atoms with van der Waals surface area (Å²) in [5.41, 5.74) is 0. The second kappa shape index (κ2) is 13.2. The predicted molar refractivity (Wildman–Crippen MR) is 74.4 cm³/mol. The van der Waals surface area contributed by atoms with Crippen LogP contribution in [-0.2, 0) is 9.53 Å². The second-order valence-corrected chi connectivity index (χ2v) is 5.86. The fourth-order valence-electron chi connectivity index (χ4n) is 1.07. The van der Waals surface area contributed by atoms with Crippen LogP contribution in [-0.4, -0.2) is 49.2 Å². The van der Waals surface area contributed by atoms with Crippen LogP contribution in [0, 0.1) is 0 Å². The minimum absolute atomic E-state index is 0.114. The van der Waals surface area contributed by atoms with Gasteiger partial charge in [0.2, 0.25) is 0 Å². The van der Waals surface area contributed by atoms with E-state index in [9.17, 15) is 4.79 Å². The van der Waals surface area contributed by atoms with Crippen molar-refractivity contribution in [3.05, 3.63) is 0 Å². The molecule has 0 bridgehead atoms. The molecule has 0 spiro atoms. The molecule has 0 aromatic carbocycles. The van der Waals surface area contributed by atoms with E-state index in [-0.39, 0.29) is 5.97 Å². The zero-order valence-electron chi connectivity index (χ0n) is 10.3. The molecule has 0 aliphatic rings. The standard InChI is InChI=1S/C11H23NO2S2/c1-3-15-8-4-6-12-7-10-16-9-5-11(13)14-2/h12H,3-10H2,1-2H3. The van der Waals surface area contributed by atoms with Crippen molar-refractivity contribution in [2.45, 2.75) is 19.8 Å². The lowest BCUT2D eigenvalue weighted by Gasteiger charge is -2.04. The summed E-state index contributed by atoms with van der Waals surface area (Å²) >= 11 is 3.79. The van der Waals surface area contributed by atoms with Gasteiger partial charge in [-0.2, -0.15) is 23.5 Å². The molecule has 0 heterocycles. The summed E-state index contributed by atoms with van der Waals surface area (Å²) in [4.78, 5) is 10.8. The first kappa shape index (κ1) is 16.1. The summed E-state index contributed by atoms with van der Waals surface area (Å²) in [6, 6.07) is 0. The van der Waals surface area contributed by atoms with Gasteiger partial charge in [0.1, 0.15) is 0 Å². The molecule has 3 nitrogen and oxygen atoms in total. The molecule has 96 valence electrons. The zero-order chi connectivity index (χ0) is 12.1. The van der Waals surface area contributed by atoms with Gasteiger partial charge in [-0.25, -0.2) is 0 Å². The van der Waals surface area contributed by atoms with Gasteiger partial charge in [-0.1, -0.05) is 6.92 Å². The fraction of sp³-hybridized carbons (Fsp3) is 0.909. The maximum atomic E-state index is 10.8. The number of rotatable bonds is 11. The summed E-state index contributed by atoms with van der Waals surface area (Å²) in [6.07, 6.45) is 1.76. The van der Waals surface area contributed by atoms with E-state index in [2.05, 4.69) is 17.0 Å². The molecule has 0 atom stereocenters. The molecule has 0 aromatic rings. The van der Waals surface area contributed by atoms with Crippen molar-refractivity contribution in [1.82, 2.24) is 5.32 Å². The van der Waals surface area contributed by atoms with Crippen molar-refractivity contribution < 1.29 is 9.53 Å². The maximum Gasteiger partial charge on any atom is 0.306 e. The van der Waals surface area contributed by atoms with E-state index in [1.807, 2.05) is 11.8 Å². The molecule has 16 heavy (non-hydrogen) atoms. The fourth-order valence-corrected chi connectivity index (χ4v) is 2.51. The van der Waals surface area contributed by atoms with E-state index in [0.29, 0.717) is 6.42 Å². The summed E-state index contributed by atoms with van der Waals surface area (Å²) in [5.74, 6) is 4.28. The van der Waals surface area contributed by atoms with Crippen LogP contribution in [0.4, 0.5) is 0 Å². The van der Waals surface area contributed by atoms with Crippen molar-refractivity contribution in [2.75, 3.05) is 43.2 Å². The quantitative estimate of drug-likeness (QED) is 0.457. The van der Waals surface area contributed by atoms with Gasteiger partial charge >= 0.3 is 5.97 Å². The number of hydrogen-bond donors (Lipinski definition) is 1. The molecular formula is C11H23NO2S2. The smallest absolute Gasteiger partial charge is 0.306 e. The van der Waals surface area contributed by atoms with E-state index in [0.717, 1.165) is 24.6 Å². The first-order valence-electron chi connectivity index (χ1n) is 5.74. The lowest BCUT2D eigenvalue weighted by Crippen LogP contribution is -2.19. The average molecular weight is 265 g/mol. The van der Waals surface area contributed by atoms with Crippen molar-refractivity contribution in [1.29, 1.82) is 0 Å². The Morgan fingerprint density at radius 3 is 2.69 bits per heavy atom. The van der Waals surface area contributed by atoms with Crippen molar-refractivity contribution in [3.8, 4) is 0 Å². The van der Waals surface area contributed by atoms with Crippen LogP contribution < -0.4 is 5.32 Å². The Morgan fingerprint density at radius 1 is 1.19 bits per heavy atom. The van der Waals surface area contributed by atoms with Crippen LogP contribution in [0.3, 0.4) is 0 Å².